The summed E-state index contributed by atoms with van der Waals surface area (Å²) < 4.78 is 10.4. The highest BCUT2D eigenvalue weighted by Gasteiger charge is 2.10. The largest absolute Gasteiger partial charge is 0.492 e. The first-order valence-electron chi connectivity index (χ1n) is 5.21. The summed E-state index contributed by atoms with van der Waals surface area (Å²) in [5.74, 6) is 0.473. The number of halogens is 1. The van der Waals surface area contributed by atoms with Gasteiger partial charge in [-0.15, -0.1) is 12.6 Å². The van der Waals surface area contributed by atoms with Gasteiger partial charge in [0.15, 0.2) is 5.78 Å². The molecule has 0 spiro atoms. The number of ether oxygens (including phenoxy) is 2. The van der Waals surface area contributed by atoms with Gasteiger partial charge in [-0.25, -0.2) is 0 Å². The van der Waals surface area contributed by atoms with Crippen molar-refractivity contribution in [2.75, 3.05) is 20.3 Å². The van der Waals surface area contributed by atoms with Gasteiger partial charge in [0.1, 0.15) is 5.75 Å². The fourth-order valence-corrected chi connectivity index (χ4v) is 1.88. The van der Waals surface area contributed by atoms with Gasteiger partial charge in [0.25, 0.3) is 0 Å². The van der Waals surface area contributed by atoms with Crippen molar-refractivity contribution in [2.24, 2.45) is 0 Å². The zero-order valence-corrected chi connectivity index (χ0v) is 11.5. The van der Waals surface area contributed by atoms with Gasteiger partial charge >= 0.3 is 0 Å². The zero-order chi connectivity index (χ0) is 12.8. The molecule has 1 rings (SSSR count). The molecule has 0 heterocycles. The Balaban J connectivity index is 2.74. The maximum atomic E-state index is 11.3. The molecular formula is C12H15ClO3S. The van der Waals surface area contributed by atoms with Gasteiger partial charge < -0.3 is 9.47 Å². The van der Waals surface area contributed by atoms with Crippen LogP contribution in [0.3, 0.4) is 0 Å². The molecular weight excluding hydrogens is 260 g/mol. The van der Waals surface area contributed by atoms with E-state index in [0.29, 0.717) is 34.4 Å². The van der Waals surface area contributed by atoms with Crippen LogP contribution >= 0.6 is 24.2 Å². The second-order valence-corrected chi connectivity index (χ2v) is 4.44. The van der Waals surface area contributed by atoms with Gasteiger partial charge in [-0.2, -0.15) is 0 Å². The lowest BCUT2D eigenvalue weighted by molar-refractivity contribution is 0.101. The maximum Gasteiger partial charge on any atom is 0.160 e. The highest BCUT2D eigenvalue weighted by Crippen LogP contribution is 2.30. The first kappa shape index (κ1) is 14.4. The van der Waals surface area contributed by atoms with Crippen LogP contribution in [0.25, 0.3) is 0 Å². The molecule has 0 saturated carbocycles. The fraction of sp³-hybridized carbons (Fsp3) is 0.417. The molecule has 0 unspecified atom stereocenters. The minimum atomic E-state index is -0.0668. The number of hydrogen-bond donors (Lipinski definition) is 1. The second-order valence-electron chi connectivity index (χ2n) is 3.55. The summed E-state index contributed by atoms with van der Waals surface area (Å²) in [4.78, 5) is 11.8. The Kier molecular flexibility index (Phi) is 5.82. The molecule has 0 N–H and O–H groups in total. The summed E-state index contributed by atoms with van der Waals surface area (Å²) in [6.07, 6.45) is 0.781. The minimum Gasteiger partial charge on any atom is -0.492 e. The number of methoxy groups -OCH3 is 1. The lowest BCUT2D eigenvalue weighted by Crippen LogP contribution is -2.03. The predicted octanol–water partition coefficient (Wildman–Crippen LogP) is 3.25. The van der Waals surface area contributed by atoms with Crippen LogP contribution in [0.1, 0.15) is 23.7 Å². The molecule has 17 heavy (non-hydrogen) atoms. The molecule has 5 heteroatoms. The Morgan fingerprint density at radius 1 is 1.41 bits per heavy atom. The van der Waals surface area contributed by atoms with E-state index in [1.807, 2.05) is 0 Å². The Morgan fingerprint density at radius 3 is 2.71 bits per heavy atom. The van der Waals surface area contributed by atoms with Crippen LogP contribution in [-0.4, -0.2) is 26.1 Å². The molecule has 0 atom stereocenters. The van der Waals surface area contributed by atoms with E-state index in [-0.39, 0.29) is 5.78 Å². The number of carbonyl (C=O) groups is 1. The van der Waals surface area contributed by atoms with Gasteiger partial charge in [-0.3, -0.25) is 4.79 Å². The second kappa shape index (κ2) is 6.89. The van der Waals surface area contributed by atoms with Crippen molar-refractivity contribution in [1.29, 1.82) is 0 Å². The fourth-order valence-electron chi connectivity index (χ4n) is 1.32. The number of thiol groups is 1. The number of ketones is 1. The molecule has 1 aromatic rings. The predicted molar refractivity (Wildman–Crippen MR) is 70.7 cm³/mol. The van der Waals surface area contributed by atoms with E-state index in [0.717, 1.165) is 6.42 Å². The van der Waals surface area contributed by atoms with Crippen molar-refractivity contribution < 1.29 is 14.3 Å². The van der Waals surface area contributed by atoms with Crippen LogP contribution < -0.4 is 4.74 Å². The summed E-state index contributed by atoms with van der Waals surface area (Å²) >= 11 is 10.2. The standard InChI is InChI=1S/C12H15ClO3S/c1-8(14)9-6-10(13)11(7-12(9)17)16-5-3-4-15-2/h6-7,17H,3-5H2,1-2H3. The van der Waals surface area contributed by atoms with E-state index in [1.165, 1.54) is 6.92 Å². The summed E-state index contributed by atoms with van der Waals surface area (Å²) in [7, 11) is 1.64. The van der Waals surface area contributed by atoms with E-state index in [4.69, 9.17) is 21.1 Å². The topological polar surface area (TPSA) is 35.5 Å². The van der Waals surface area contributed by atoms with E-state index in [9.17, 15) is 4.79 Å². The Hall–Kier alpha value is -0.710. The molecule has 0 aliphatic rings. The Bertz CT molecular complexity index is 407. The van der Waals surface area contributed by atoms with Crippen LogP contribution in [0.4, 0.5) is 0 Å². The van der Waals surface area contributed by atoms with Gasteiger partial charge in [0.05, 0.1) is 11.6 Å². The van der Waals surface area contributed by atoms with Crippen LogP contribution in [0.2, 0.25) is 5.02 Å². The lowest BCUT2D eigenvalue weighted by atomic mass is 10.1. The minimum absolute atomic E-state index is 0.0668. The summed E-state index contributed by atoms with van der Waals surface area (Å²) in [5, 5.41) is 0.422. The number of rotatable bonds is 6. The first-order valence-corrected chi connectivity index (χ1v) is 6.04. The number of hydrogen-bond acceptors (Lipinski definition) is 4. The zero-order valence-electron chi connectivity index (χ0n) is 9.83. The SMILES string of the molecule is COCCCOc1cc(S)c(C(C)=O)cc1Cl. The van der Waals surface area contributed by atoms with Crippen molar-refractivity contribution in [3.05, 3.63) is 22.7 Å². The molecule has 3 nitrogen and oxygen atoms in total. The number of carbonyl (C=O) groups excluding carboxylic acids is 1. The molecule has 1 aromatic carbocycles. The third-order valence-corrected chi connectivity index (χ3v) is 2.85. The smallest absolute Gasteiger partial charge is 0.160 e. The molecule has 0 aromatic heterocycles. The average molecular weight is 275 g/mol. The first-order chi connectivity index (χ1) is 8.06. The monoisotopic (exact) mass is 274 g/mol. The van der Waals surface area contributed by atoms with Crippen molar-refractivity contribution in [2.45, 2.75) is 18.2 Å². The third-order valence-electron chi connectivity index (χ3n) is 2.18. The van der Waals surface area contributed by atoms with Crippen molar-refractivity contribution in [3.63, 3.8) is 0 Å². The normalized spacial score (nSPS) is 10.4. The van der Waals surface area contributed by atoms with E-state index in [2.05, 4.69) is 12.6 Å². The van der Waals surface area contributed by atoms with Crippen LogP contribution in [-0.2, 0) is 4.74 Å². The van der Waals surface area contributed by atoms with E-state index >= 15 is 0 Å². The summed E-state index contributed by atoms with van der Waals surface area (Å²) in [6.45, 7) is 2.63. The van der Waals surface area contributed by atoms with E-state index < -0.39 is 0 Å². The van der Waals surface area contributed by atoms with Crippen LogP contribution in [0, 0.1) is 0 Å². The van der Waals surface area contributed by atoms with Crippen LogP contribution in [0.15, 0.2) is 17.0 Å². The summed E-state index contributed by atoms with van der Waals surface area (Å²) in [5.41, 5.74) is 0.502. The van der Waals surface area contributed by atoms with Gasteiger partial charge in [0, 0.05) is 30.6 Å². The van der Waals surface area contributed by atoms with Crippen molar-refractivity contribution in [3.8, 4) is 5.75 Å². The molecule has 94 valence electrons. The average Bonchev–Trinajstić information content (AvgIpc) is 2.28. The Labute approximate surface area is 111 Å². The Morgan fingerprint density at radius 2 is 2.12 bits per heavy atom. The van der Waals surface area contributed by atoms with Crippen molar-refractivity contribution >= 4 is 30.0 Å². The highest BCUT2D eigenvalue weighted by atomic mass is 35.5. The molecule has 0 radical (unpaired) electrons. The molecule has 0 fully saturated rings. The quantitative estimate of drug-likeness (QED) is 0.491. The van der Waals surface area contributed by atoms with Gasteiger partial charge in [-0.1, -0.05) is 11.6 Å². The van der Waals surface area contributed by atoms with Gasteiger partial charge in [-0.05, 0) is 19.1 Å². The van der Waals surface area contributed by atoms with Crippen LogP contribution in [0.5, 0.6) is 5.75 Å². The molecule has 0 bridgehead atoms. The lowest BCUT2D eigenvalue weighted by Gasteiger charge is -2.10. The van der Waals surface area contributed by atoms with Gasteiger partial charge in [0.2, 0.25) is 0 Å². The highest BCUT2D eigenvalue weighted by molar-refractivity contribution is 7.80. The number of benzene rings is 1. The van der Waals surface area contributed by atoms with Crippen molar-refractivity contribution in [1.82, 2.24) is 0 Å². The maximum absolute atomic E-state index is 11.3. The molecule has 0 aliphatic carbocycles. The molecule has 0 amide bonds. The van der Waals surface area contributed by atoms with E-state index in [1.54, 1.807) is 19.2 Å². The third kappa shape index (κ3) is 4.22. The molecule has 0 aliphatic heterocycles. The molecule has 0 saturated heterocycles. The summed E-state index contributed by atoms with van der Waals surface area (Å²) in [6, 6.07) is 3.24. The number of Topliss-reactive ketones (excluding diaryl/α,β-unsaturated/α-hetero) is 1.